The minimum atomic E-state index is -4.99. The van der Waals surface area contributed by atoms with Gasteiger partial charge < -0.3 is 24.6 Å². The number of benzene rings is 2. The van der Waals surface area contributed by atoms with E-state index in [9.17, 15) is 32.3 Å². The molecule has 1 saturated heterocycles. The number of aliphatic hydroxyl groups is 1. The average molecular weight is 592 g/mol. The Morgan fingerprint density at radius 3 is 2.48 bits per heavy atom. The number of nitrogens with one attached hydrogen (secondary N) is 1. The van der Waals surface area contributed by atoms with Gasteiger partial charge in [0.15, 0.2) is 0 Å². The van der Waals surface area contributed by atoms with Crippen molar-refractivity contribution in [3.05, 3.63) is 70.7 Å². The molecule has 1 fully saturated rings. The number of rotatable bonds is 10. The molecule has 0 aliphatic carbocycles. The Bertz CT molecular complexity index is 1420. The number of nitrogens with zero attached hydrogens (tertiary/aromatic N) is 2. The zero-order chi connectivity index (χ0) is 30.7. The second kappa shape index (κ2) is 12.8. The smallest absolute Gasteiger partial charge is 0.390 e. The maximum atomic E-state index is 14.8. The summed E-state index contributed by atoms with van der Waals surface area (Å²) in [5.41, 5.74) is 2.33. The Morgan fingerprint density at radius 1 is 1.12 bits per heavy atom. The van der Waals surface area contributed by atoms with Crippen LogP contribution in [0.3, 0.4) is 0 Å². The summed E-state index contributed by atoms with van der Waals surface area (Å²) in [6.45, 7) is 4.95. The predicted molar refractivity (Wildman–Crippen MR) is 151 cm³/mol. The number of aryl methyl sites for hydroxylation is 1. The van der Waals surface area contributed by atoms with Gasteiger partial charge in [-0.2, -0.15) is 13.2 Å². The summed E-state index contributed by atoms with van der Waals surface area (Å²) in [4.78, 5) is 26.8. The van der Waals surface area contributed by atoms with Crippen LogP contribution >= 0.6 is 0 Å². The van der Waals surface area contributed by atoms with Crippen LogP contribution in [0, 0.1) is 5.82 Å². The van der Waals surface area contributed by atoms with E-state index in [1.807, 2.05) is 34.3 Å². The molecular formula is C31H37F4N3O4. The highest BCUT2D eigenvalue weighted by atomic mass is 19.4. The monoisotopic (exact) mass is 591 g/mol. The van der Waals surface area contributed by atoms with Crippen molar-refractivity contribution < 1.29 is 37.0 Å². The van der Waals surface area contributed by atoms with Gasteiger partial charge in [-0.15, -0.1) is 0 Å². The van der Waals surface area contributed by atoms with Gasteiger partial charge in [-0.25, -0.2) is 4.39 Å². The van der Waals surface area contributed by atoms with Crippen LogP contribution in [-0.4, -0.2) is 65.0 Å². The highest BCUT2D eigenvalue weighted by molar-refractivity contribution is 6.08. The number of hydrogen-bond acceptors (Lipinski definition) is 4. The van der Waals surface area contributed by atoms with E-state index >= 15 is 0 Å². The Hall–Kier alpha value is -3.44. The number of carbonyl (C=O) groups is 2. The second-order valence-electron chi connectivity index (χ2n) is 11.5. The highest BCUT2D eigenvalue weighted by Crippen LogP contribution is 2.33. The molecule has 11 heteroatoms. The number of methoxy groups -OCH3 is 1. The first-order chi connectivity index (χ1) is 19.8. The number of fused-ring (bicyclic) bond motifs is 1. The lowest BCUT2D eigenvalue weighted by Crippen LogP contribution is -2.38. The van der Waals surface area contributed by atoms with Gasteiger partial charge in [0, 0.05) is 50.4 Å². The van der Waals surface area contributed by atoms with Gasteiger partial charge in [-0.1, -0.05) is 24.3 Å². The molecule has 0 saturated carbocycles. The van der Waals surface area contributed by atoms with Gasteiger partial charge in [-0.3, -0.25) is 9.59 Å². The van der Waals surface area contributed by atoms with Crippen LogP contribution in [-0.2, 0) is 29.0 Å². The maximum Gasteiger partial charge on any atom is 0.471 e. The third-order valence-corrected chi connectivity index (χ3v) is 7.76. The fourth-order valence-electron chi connectivity index (χ4n) is 5.48. The number of hydrogen-bond donors (Lipinski definition) is 2. The van der Waals surface area contributed by atoms with Gasteiger partial charge in [-0.05, 0) is 74.3 Å². The fraction of sp³-hybridized carbons (Fsp3) is 0.484. The molecule has 0 atom stereocenters. The molecule has 0 spiro atoms. The third-order valence-electron chi connectivity index (χ3n) is 7.76. The number of carbonyl (C=O) groups excluding carboxylic acids is 2. The van der Waals surface area contributed by atoms with E-state index < -0.39 is 23.5 Å². The molecule has 2 N–H and O–H groups in total. The summed E-state index contributed by atoms with van der Waals surface area (Å²) in [7, 11) is 1.62. The van der Waals surface area contributed by atoms with E-state index in [1.165, 1.54) is 18.2 Å². The quantitative estimate of drug-likeness (QED) is 0.313. The van der Waals surface area contributed by atoms with Gasteiger partial charge in [0.25, 0.3) is 5.91 Å². The largest absolute Gasteiger partial charge is 0.471 e. The molecule has 42 heavy (non-hydrogen) atoms. The molecule has 0 radical (unpaired) electrons. The summed E-state index contributed by atoms with van der Waals surface area (Å²) < 4.78 is 59.7. The van der Waals surface area contributed by atoms with Crippen molar-refractivity contribution in [1.29, 1.82) is 0 Å². The fourth-order valence-corrected chi connectivity index (χ4v) is 5.48. The van der Waals surface area contributed by atoms with E-state index in [1.54, 1.807) is 25.9 Å². The van der Waals surface area contributed by atoms with E-state index in [0.29, 0.717) is 68.6 Å². The molecule has 3 aromatic rings. The second-order valence-corrected chi connectivity index (χ2v) is 11.5. The Kier molecular flexibility index (Phi) is 9.62. The highest BCUT2D eigenvalue weighted by Gasteiger charge is 2.38. The molecule has 0 bridgehead atoms. The Labute approximate surface area is 242 Å². The molecule has 4 rings (SSSR count). The summed E-state index contributed by atoms with van der Waals surface area (Å²) in [6.07, 6.45) is -1.06. The normalized spacial score (nSPS) is 14.9. The Morgan fingerprint density at radius 2 is 1.83 bits per heavy atom. The topological polar surface area (TPSA) is 83.8 Å². The number of halogens is 4. The van der Waals surface area contributed by atoms with Crippen molar-refractivity contribution in [2.24, 2.45) is 0 Å². The SMILES string of the molecule is COCCn1cc(C(=O)N2CCC(c3cc(CNC(=O)C(F)(F)F)ccc3F)CC2)c2c(CCC(C)(C)O)cccc21. The first-order valence-corrected chi connectivity index (χ1v) is 14.0. The van der Waals surface area contributed by atoms with Crippen molar-refractivity contribution in [3.63, 3.8) is 0 Å². The van der Waals surface area contributed by atoms with Crippen LogP contribution in [0.2, 0.25) is 0 Å². The molecule has 2 amide bonds. The lowest BCUT2D eigenvalue weighted by atomic mass is 9.87. The number of alkyl halides is 3. The van der Waals surface area contributed by atoms with E-state index in [2.05, 4.69) is 0 Å². The molecule has 2 heterocycles. The van der Waals surface area contributed by atoms with E-state index in [0.717, 1.165) is 16.5 Å². The molecular weight excluding hydrogens is 554 g/mol. The molecule has 1 aliphatic rings. The van der Waals surface area contributed by atoms with Crippen molar-refractivity contribution in [1.82, 2.24) is 14.8 Å². The molecule has 0 unspecified atom stereocenters. The minimum absolute atomic E-state index is 0.130. The Balaban J connectivity index is 1.52. The lowest BCUT2D eigenvalue weighted by Gasteiger charge is -2.32. The predicted octanol–water partition coefficient (Wildman–Crippen LogP) is 5.33. The van der Waals surface area contributed by atoms with Gasteiger partial charge >= 0.3 is 12.1 Å². The van der Waals surface area contributed by atoms with Crippen LogP contribution in [0.5, 0.6) is 0 Å². The van der Waals surface area contributed by atoms with Crippen LogP contribution in [0.4, 0.5) is 17.6 Å². The number of likely N-dealkylation sites (tertiary alicyclic amines) is 1. The zero-order valence-corrected chi connectivity index (χ0v) is 24.1. The summed E-state index contributed by atoms with van der Waals surface area (Å²) in [5, 5.41) is 13.0. The lowest BCUT2D eigenvalue weighted by molar-refractivity contribution is -0.173. The molecule has 1 aromatic heterocycles. The molecule has 228 valence electrons. The molecule has 2 aromatic carbocycles. The standard InChI is InChI=1S/C31H37F4N3O4/c1-30(2,41)12-9-22-5-4-6-26-27(22)24(19-38(26)15-16-42-3)28(39)37-13-10-21(11-14-37)23-17-20(7-8-25(23)32)18-36-29(40)31(33,34)35/h4-8,17,19,21,41H,9-16,18H2,1-3H3,(H,36,40). The zero-order valence-electron chi connectivity index (χ0n) is 24.1. The van der Waals surface area contributed by atoms with Crippen molar-refractivity contribution in [2.75, 3.05) is 26.8 Å². The van der Waals surface area contributed by atoms with Crippen LogP contribution in [0.15, 0.2) is 42.6 Å². The number of amides is 2. The minimum Gasteiger partial charge on any atom is -0.390 e. The van der Waals surface area contributed by atoms with Gasteiger partial charge in [0.05, 0.1) is 17.8 Å². The first-order valence-electron chi connectivity index (χ1n) is 14.0. The number of piperidine rings is 1. The first kappa shape index (κ1) is 31.5. The van der Waals surface area contributed by atoms with E-state index in [4.69, 9.17) is 4.74 Å². The number of ether oxygens (including phenoxy) is 1. The third kappa shape index (κ3) is 7.49. The van der Waals surface area contributed by atoms with Crippen molar-refractivity contribution >= 4 is 22.7 Å². The van der Waals surface area contributed by atoms with Gasteiger partial charge in [0.1, 0.15) is 5.82 Å². The van der Waals surface area contributed by atoms with Crippen LogP contribution in [0.1, 0.15) is 66.1 Å². The molecule has 1 aliphatic heterocycles. The van der Waals surface area contributed by atoms with Crippen molar-refractivity contribution in [2.45, 2.75) is 70.3 Å². The summed E-state index contributed by atoms with van der Waals surface area (Å²) in [6, 6.07) is 9.93. The van der Waals surface area contributed by atoms with Crippen LogP contribution < -0.4 is 5.32 Å². The van der Waals surface area contributed by atoms with Gasteiger partial charge in [0.2, 0.25) is 0 Å². The molecule has 7 nitrogen and oxygen atoms in total. The van der Waals surface area contributed by atoms with Crippen LogP contribution in [0.25, 0.3) is 10.9 Å². The van der Waals surface area contributed by atoms with Crippen molar-refractivity contribution in [3.8, 4) is 0 Å². The van der Waals surface area contributed by atoms with E-state index in [-0.39, 0.29) is 18.4 Å². The maximum absolute atomic E-state index is 14.8. The summed E-state index contributed by atoms with van der Waals surface area (Å²) in [5.74, 6) is -2.87. The average Bonchev–Trinajstić information content (AvgIpc) is 3.32. The summed E-state index contributed by atoms with van der Waals surface area (Å²) >= 11 is 0. The number of aromatic nitrogens is 1.